The second kappa shape index (κ2) is 10.0. The fourth-order valence-corrected chi connectivity index (χ4v) is 3.65. The predicted octanol–water partition coefficient (Wildman–Crippen LogP) is 4.11. The third-order valence-electron chi connectivity index (χ3n) is 5.40. The summed E-state index contributed by atoms with van der Waals surface area (Å²) in [5.41, 5.74) is 0.905. The molecule has 0 aliphatic rings. The number of hydrogen-bond acceptors (Lipinski definition) is 7. The quantitative estimate of drug-likeness (QED) is 0.176. The van der Waals surface area contributed by atoms with Crippen molar-refractivity contribution in [2.75, 3.05) is 6.61 Å². The number of nitrogens with one attached hydrogen (secondary N) is 1. The lowest BCUT2D eigenvalue weighted by molar-refractivity contribution is 0.0495. The summed E-state index contributed by atoms with van der Waals surface area (Å²) in [5.74, 6) is -1.09. The van der Waals surface area contributed by atoms with E-state index in [2.05, 4.69) is 22.0 Å². The van der Waals surface area contributed by atoms with Gasteiger partial charge in [0.1, 0.15) is 18.2 Å². The largest absolute Gasteiger partial charge is 0.507 e. The van der Waals surface area contributed by atoms with Crippen LogP contribution in [0.3, 0.4) is 0 Å². The summed E-state index contributed by atoms with van der Waals surface area (Å²) in [7, 11) is 0. The highest BCUT2D eigenvalue weighted by Gasteiger charge is 2.20. The molecule has 0 radical (unpaired) electrons. The minimum absolute atomic E-state index is 0.0262. The van der Waals surface area contributed by atoms with Crippen LogP contribution in [0.15, 0.2) is 59.1 Å². The number of aromatic nitrogens is 4. The van der Waals surface area contributed by atoms with Gasteiger partial charge in [0.25, 0.3) is 5.56 Å². The normalized spacial score (nSPS) is 11.9. The van der Waals surface area contributed by atoms with Crippen LogP contribution in [0.4, 0.5) is 0 Å². The Hall–Kier alpha value is -4.45. The standard InChI is InChI=1S/C25H23N5O4/c1-2-3-8-13-30-24(32)17-10-5-4-9-16(17)22(29-30)25(33)34-15-21(31)18(14-26)23-27-19-11-6-7-12-20(19)28-23/h4-7,9-12,31H,2-3,8,13,15H2,1H3,(H,27,28)/b21-18-. The van der Waals surface area contributed by atoms with Crippen molar-refractivity contribution >= 4 is 33.3 Å². The molecule has 2 N–H and O–H groups in total. The summed E-state index contributed by atoms with van der Waals surface area (Å²) in [6.45, 7) is 1.89. The first-order chi connectivity index (χ1) is 16.5. The number of unbranched alkanes of at least 4 members (excludes halogenated alkanes) is 2. The van der Waals surface area contributed by atoms with Crippen LogP contribution in [0.2, 0.25) is 0 Å². The van der Waals surface area contributed by atoms with E-state index in [1.54, 1.807) is 36.4 Å². The summed E-state index contributed by atoms with van der Waals surface area (Å²) >= 11 is 0. The number of imidazole rings is 1. The molecule has 34 heavy (non-hydrogen) atoms. The van der Waals surface area contributed by atoms with Gasteiger partial charge >= 0.3 is 5.97 Å². The molecule has 0 aliphatic heterocycles. The Labute approximate surface area is 194 Å². The highest BCUT2D eigenvalue weighted by molar-refractivity contribution is 6.02. The maximum atomic E-state index is 12.9. The van der Waals surface area contributed by atoms with Gasteiger partial charge in [0.15, 0.2) is 17.3 Å². The van der Waals surface area contributed by atoms with E-state index in [0.29, 0.717) is 28.4 Å². The Morgan fingerprint density at radius 2 is 1.88 bits per heavy atom. The number of benzene rings is 2. The molecule has 4 rings (SSSR count). The van der Waals surface area contributed by atoms with E-state index >= 15 is 0 Å². The Balaban J connectivity index is 1.61. The number of para-hydroxylation sites is 2. The number of H-pyrrole nitrogens is 1. The SMILES string of the molecule is CCCCCn1nc(C(=O)OC/C(O)=C(\C#N)c2nc3ccccc3[nH]2)c2ccccc2c1=O. The fraction of sp³-hybridized carbons (Fsp3) is 0.240. The van der Waals surface area contributed by atoms with Crippen LogP contribution in [-0.2, 0) is 11.3 Å². The van der Waals surface area contributed by atoms with Crippen molar-refractivity contribution in [3.05, 3.63) is 76.2 Å². The molecule has 0 atom stereocenters. The van der Waals surface area contributed by atoms with Crippen LogP contribution in [0.1, 0.15) is 42.5 Å². The van der Waals surface area contributed by atoms with Crippen LogP contribution >= 0.6 is 0 Å². The summed E-state index contributed by atoms with van der Waals surface area (Å²) in [5, 5.41) is 25.0. The molecule has 0 amide bonds. The molecule has 2 aromatic carbocycles. The topological polar surface area (TPSA) is 134 Å². The van der Waals surface area contributed by atoms with Gasteiger partial charge in [0.2, 0.25) is 0 Å². The lowest BCUT2D eigenvalue weighted by Crippen LogP contribution is -2.27. The zero-order chi connectivity index (χ0) is 24.1. The second-order valence-electron chi connectivity index (χ2n) is 7.74. The van der Waals surface area contributed by atoms with Gasteiger partial charge < -0.3 is 14.8 Å². The van der Waals surface area contributed by atoms with Gasteiger partial charge in [0, 0.05) is 11.9 Å². The molecule has 0 bridgehead atoms. The third-order valence-corrected chi connectivity index (χ3v) is 5.40. The number of fused-ring (bicyclic) bond motifs is 2. The molecule has 0 fully saturated rings. The van der Waals surface area contributed by atoms with Gasteiger partial charge in [-0.3, -0.25) is 4.79 Å². The lowest BCUT2D eigenvalue weighted by atomic mass is 10.1. The number of nitrogens with zero attached hydrogens (tertiary/aromatic N) is 4. The Kier molecular flexibility index (Phi) is 6.69. The maximum Gasteiger partial charge on any atom is 0.359 e. The average Bonchev–Trinajstić information content (AvgIpc) is 3.28. The molecule has 2 aromatic heterocycles. The molecule has 4 aromatic rings. The van der Waals surface area contributed by atoms with E-state index < -0.39 is 18.3 Å². The number of nitriles is 1. The summed E-state index contributed by atoms with van der Waals surface area (Å²) < 4.78 is 6.56. The van der Waals surface area contributed by atoms with E-state index in [1.165, 1.54) is 4.68 Å². The molecule has 9 nitrogen and oxygen atoms in total. The van der Waals surface area contributed by atoms with Crippen molar-refractivity contribution in [3.8, 4) is 6.07 Å². The lowest BCUT2D eigenvalue weighted by Gasteiger charge is -2.11. The monoisotopic (exact) mass is 457 g/mol. The zero-order valence-corrected chi connectivity index (χ0v) is 18.6. The van der Waals surface area contributed by atoms with Crippen LogP contribution in [0.5, 0.6) is 0 Å². The summed E-state index contributed by atoms with van der Waals surface area (Å²) in [6, 6.07) is 15.8. The molecule has 9 heteroatoms. The van der Waals surface area contributed by atoms with Gasteiger partial charge in [-0.25, -0.2) is 14.5 Å². The predicted molar refractivity (Wildman–Crippen MR) is 127 cm³/mol. The first-order valence-electron chi connectivity index (χ1n) is 11.0. The van der Waals surface area contributed by atoms with Gasteiger partial charge in [-0.05, 0) is 24.6 Å². The second-order valence-corrected chi connectivity index (χ2v) is 7.74. The number of aliphatic hydroxyl groups is 1. The summed E-state index contributed by atoms with van der Waals surface area (Å²) in [4.78, 5) is 32.9. The smallest absolute Gasteiger partial charge is 0.359 e. The van der Waals surface area contributed by atoms with E-state index in [4.69, 9.17) is 4.74 Å². The molecule has 0 saturated carbocycles. The van der Waals surface area contributed by atoms with Crippen molar-refractivity contribution in [1.82, 2.24) is 19.7 Å². The molecule has 0 spiro atoms. The zero-order valence-electron chi connectivity index (χ0n) is 18.6. The van der Waals surface area contributed by atoms with E-state index in [0.717, 1.165) is 19.3 Å². The van der Waals surface area contributed by atoms with Crippen molar-refractivity contribution in [2.45, 2.75) is 32.7 Å². The molecule has 2 heterocycles. The first kappa shape index (κ1) is 22.7. The van der Waals surface area contributed by atoms with E-state index in [9.17, 15) is 20.0 Å². The number of carbonyl (C=O) groups excluding carboxylic acids is 1. The number of aliphatic hydroxyl groups excluding tert-OH is 1. The molecular weight excluding hydrogens is 434 g/mol. The van der Waals surface area contributed by atoms with E-state index in [1.807, 2.05) is 18.2 Å². The molecule has 0 aliphatic carbocycles. The molecule has 0 saturated heterocycles. The highest BCUT2D eigenvalue weighted by Crippen LogP contribution is 2.20. The van der Waals surface area contributed by atoms with Gasteiger partial charge in [0.05, 0.1) is 16.4 Å². The number of aromatic amines is 1. The molecular formula is C25H23N5O4. The minimum Gasteiger partial charge on any atom is -0.507 e. The van der Waals surface area contributed by atoms with Crippen molar-refractivity contribution < 1.29 is 14.6 Å². The number of aryl methyl sites for hydroxylation is 1. The summed E-state index contributed by atoms with van der Waals surface area (Å²) in [6.07, 6.45) is 2.66. The van der Waals surface area contributed by atoms with Crippen molar-refractivity contribution in [1.29, 1.82) is 5.26 Å². The van der Waals surface area contributed by atoms with Gasteiger partial charge in [-0.1, -0.05) is 50.1 Å². The number of ether oxygens (including phenoxy) is 1. The number of allylic oxidation sites excluding steroid dienone is 1. The minimum atomic E-state index is -0.811. The Bertz CT molecular complexity index is 1460. The Morgan fingerprint density at radius 1 is 1.15 bits per heavy atom. The van der Waals surface area contributed by atoms with Crippen LogP contribution < -0.4 is 5.56 Å². The average molecular weight is 457 g/mol. The van der Waals surface area contributed by atoms with Crippen LogP contribution in [0, 0.1) is 11.3 Å². The molecule has 172 valence electrons. The van der Waals surface area contributed by atoms with Gasteiger partial charge in [-0.15, -0.1) is 0 Å². The number of rotatable bonds is 8. The first-order valence-corrected chi connectivity index (χ1v) is 11.0. The van der Waals surface area contributed by atoms with Crippen LogP contribution in [0.25, 0.3) is 27.4 Å². The Morgan fingerprint density at radius 3 is 2.62 bits per heavy atom. The number of hydrogen-bond donors (Lipinski definition) is 2. The van der Waals surface area contributed by atoms with Crippen LogP contribution in [-0.4, -0.2) is 37.4 Å². The maximum absolute atomic E-state index is 12.9. The number of carbonyl (C=O) groups is 1. The fourth-order valence-electron chi connectivity index (χ4n) is 3.65. The molecule has 0 unspecified atom stereocenters. The van der Waals surface area contributed by atoms with Crippen molar-refractivity contribution in [2.24, 2.45) is 0 Å². The van der Waals surface area contributed by atoms with Crippen molar-refractivity contribution in [3.63, 3.8) is 0 Å². The third kappa shape index (κ3) is 4.52. The number of esters is 1. The van der Waals surface area contributed by atoms with Gasteiger partial charge in [-0.2, -0.15) is 10.4 Å². The van der Waals surface area contributed by atoms with E-state index in [-0.39, 0.29) is 22.7 Å². The highest BCUT2D eigenvalue weighted by atomic mass is 16.5.